The van der Waals surface area contributed by atoms with E-state index in [1.165, 1.54) is 11.1 Å². The third-order valence-electron chi connectivity index (χ3n) is 2.21. The highest BCUT2D eigenvalue weighted by molar-refractivity contribution is 9.09. The van der Waals surface area contributed by atoms with Gasteiger partial charge in [-0.05, 0) is 30.0 Å². The van der Waals surface area contributed by atoms with Crippen molar-refractivity contribution in [3.63, 3.8) is 0 Å². The fourth-order valence-corrected chi connectivity index (χ4v) is 1.44. The van der Waals surface area contributed by atoms with E-state index in [1.807, 2.05) is 0 Å². The molecule has 2 heteroatoms. The zero-order valence-corrected chi connectivity index (χ0v) is 10.6. The molecule has 0 aliphatic carbocycles. The molecule has 0 aromatic heterocycles. The molecule has 1 aromatic rings. The van der Waals surface area contributed by atoms with Crippen LogP contribution in [0.25, 0.3) is 0 Å². The topological polar surface area (TPSA) is 9.23 Å². The van der Waals surface area contributed by atoms with Crippen LogP contribution in [0.2, 0.25) is 0 Å². The molecular weight excluding hydrogens is 240 g/mol. The summed E-state index contributed by atoms with van der Waals surface area (Å²) in [5.74, 6) is 1.57. The average Bonchev–Trinajstić information content (AvgIpc) is 2.16. The highest BCUT2D eigenvalue weighted by Crippen LogP contribution is 2.24. The number of rotatable bonds is 4. The molecule has 0 spiro atoms. The molecule has 0 radical (unpaired) electrons. The molecule has 0 saturated carbocycles. The first-order valence-electron chi connectivity index (χ1n) is 4.94. The minimum Gasteiger partial charge on any atom is -0.492 e. The zero-order valence-electron chi connectivity index (χ0n) is 9.01. The monoisotopic (exact) mass is 256 g/mol. The van der Waals surface area contributed by atoms with Gasteiger partial charge in [0.05, 0.1) is 6.61 Å². The summed E-state index contributed by atoms with van der Waals surface area (Å²) in [5.41, 5.74) is 2.54. The Bertz CT molecular complexity index is 294. The third-order valence-corrected chi connectivity index (χ3v) is 2.54. The van der Waals surface area contributed by atoms with Crippen molar-refractivity contribution in [3.8, 4) is 5.75 Å². The summed E-state index contributed by atoms with van der Waals surface area (Å²) in [6.07, 6.45) is 0. The molecule has 0 saturated heterocycles. The quantitative estimate of drug-likeness (QED) is 0.743. The van der Waals surface area contributed by atoms with E-state index in [4.69, 9.17) is 4.74 Å². The largest absolute Gasteiger partial charge is 0.492 e. The van der Waals surface area contributed by atoms with Crippen LogP contribution in [0.1, 0.15) is 30.9 Å². The van der Waals surface area contributed by atoms with Gasteiger partial charge < -0.3 is 4.74 Å². The Balaban J connectivity index is 2.85. The number of alkyl halides is 1. The van der Waals surface area contributed by atoms with Crippen molar-refractivity contribution < 1.29 is 4.74 Å². The number of benzene rings is 1. The van der Waals surface area contributed by atoms with Crippen LogP contribution in [0.4, 0.5) is 0 Å². The molecule has 0 fully saturated rings. The highest BCUT2D eigenvalue weighted by atomic mass is 79.9. The van der Waals surface area contributed by atoms with Gasteiger partial charge in [0.25, 0.3) is 0 Å². The Hall–Kier alpha value is -0.500. The van der Waals surface area contributed by atoms with Gasteiger partial charge in [0.15, 0.2) is 0 Å². The molecule has 0 N–H and O–H groups in total. The van der Waals surface area contributed by atoms with Crippen molar-refractivity contribution in [1.82, 2.24) is 0 Å². The molecule has 0 amide bonds. The average molecular weight is 257 g/mol. The smallest absolute Gasteiger partial charge is 0.122 e. The van der Waals surface area contributed by atoms with Gasteiger partial charge in [-0.15, -0.1) is 0 Å². The Morgan fingerprint density at radius 2 is 2.07 bits per heavy atom. The fraction of sp³-hybridized carbons (Fsp3) is 0.500. The standard InChI is InChI=1S/C12H17BrO/c1-9(2)11-5-4-10(3)12(8-11)14-7-6-13/h4-5,8-9H,6-7H2,1-3H3. The fourth-order valence-electron chi connectivity index (χ4n) is 1.28. The number of ether oxygens (including phenoxy) is 1. The summed E-state index contributed by atoms with van der Waals surface area (Å²) in [4.78, 5) is 0. The minimum absolute atomic E-state index is 0.557. The Labute approximate surface area is 94.6 Å². The summed E-state index contributed by atoms with van der Waals surface area (Å²) in [6.45, 7) is 7.19. The summed E-state index contributed by atoms with van der Waals surface area (Å²) in [5, 5.41) is 0.873. The molecule has 1 aromatic carbocycles. The summed E-state index contributed by atoms with van der Waals surface area (Å²) in [7, 11) is 0. The molecular formula is C12H17BrO. The summed E-state index contributed by atoms with van der Waals surface area (Å²) in [6, 6.07) is 6.43. The van der Waals surface area contributed by atoms with E-state index in [-0.39, 0.29) is 0 Å². The molecule has 0 aliphatic rings. The van der Waals surface area contributed by atoms with E-state index in [0.717, 1.165) is 17.7 Å². The SMILES string of the molecule is Cc1ccc(C(C)C)cc1OCCBr. The van der Waals surface area contributed by atoms with Gasteiger partial charge in [-0.25, -0.2) is 0 Å². The Morgan fingerprint density at radius 3 is 2.64 bits per heavy atom. The van der Waals surface area contributed by atoms with Gasteiger partial charge >= 0.3 is 0 Å². The Kier molecular flexibility index (Phi) is 4.46. The van der Waals surface area contributed by atoms with Crippen LogP contribution in [-0.2, 0) is 0 Å². The maximum atomic E-state index is 5.63. The van der Waals surface area contributed by atoms with E-state index in [1.54, 1.807) is 0 Å². The van der Waals surface area contributed by atoms with Gasteiger partial charge in [-0.1, -0.05) is 41.9 Å². The van der Waals surface area contributed by atoms with Crippen LogP contribution < -0.4 is 4.74 Å². The first-order valence-corrected chi connectivity index (χ1v) is 6.06. The third kappa shape index (κ3) is 3.02. The summed E-state index contributed by atoms with van der Waals surface area (Å²) < 4.78 is 5.63. The van der Waals surface area contributed by atoms with Gasteiger partial charge in [0, 0.05) is 5.33 Å². The van der Waals surface area contributed by atoms with Crippen LogP contribution >= 0.6 is 15.9 Å². The predicted molar refractivity (Wildman–Crippen MR) is 64.6 cm³/mol. The zero-order chi connectivity index (χ0) is 10.6. The second kappa shape index (κ2) is 5.40. The highest BCUT2D eigenvalue weighted by Gasteiger charge is 2.04. The lowest BCUT2D eigenvalue weighted by Crippen LogP contribution is -2.00. The van der Waals surface area contributed by atoms with Crippen molar-refractivity contribution in [2.75, 3.05) is 11.9 Å². The Morgan fingerprint density at radius 1 is 1.36 bits per heavy atom. The lowest BCUT2D eigenvalue weighted by molar-refractivity contribution is 0.342. The van der Waals surface area contributed by atoms with Crippen LogP contribution in [-0.4, -0.2) is 11.9 Å². The first kappa shape index (κ1) is 11.6. The molecule has 1 rings (SSSR count). The number of hydrogen-bond acceptors (Lipinski definition) is 1. The number of hydrogen-bond donors (Lipinski definition) is 0. The second-order valence-electron chi connectivity index (χ2n) is 3.72. The molecule has 0 heterocycles. The van der Waals surface area contributed by atoms with Crippen molar-refractivity contribution in [1.29, 1.82) is 0 Å². The van der Waals surface area contributed by atoms with Crippen LogP contribution in [0.5, 0.6) is 5.75 Å². The maximum Gasteiger partial charge on any atom is 0.122 e. The molecule has 78 valence electrons. The van der Waals surface area contributed by atoms with Crippen LogP contribution in [0, 0.1) is 6.92 Å². The van der Waals surface area contributed by atoms with Gasteiger partial charge in [-0.2, -0.15) is 0 Å². The number of aryl methyl sites for hydroxylation is 1. The van der Waals surface area contributed by atoms with Crippen molar-refractivity contribution in [2.45, 2.75) is 26.7 Å². The van der Waals surface area contributed by atoms with E-state index < -0.39 is 0 Å². The maximum absolute atomic E-state index is 5.63. The van der Waals surface area contributed by atoms with E-state index in [0.29, 0.717) is 5.92 Å². The molecule has 14 heavy (non-hydrogen) atoms. The van der Waals surface area contributed by atoms with E-state index >= 15 is 0 Å². The van der Waals surface area contributed by atoms with Gasteiger partial charge in [0.1, 0.15) is 5.75 Å². The second-order valence-corrected chi connectivity index (χ2v) is 4.51. The van der Waals surface area contributed by atoms with Gasteiger partial charge in [-0.3, -0.25) is 0 Å². The first-order chi connectivity index (χ1) is 6.65. The van der Waals surface area contributed by atoms with Crippen LogP contribution in [0.15, 0.2) is 18.2 Å². The van der Waals surface area contributed by atoms with E-state index in [9.17, 15) is 0 Å². The van der Waals surface area contributed by atoms with Crippen LogP contribution in [0.3, 0.4) is 0 Å². The lowest BCUT2D eigenvalue weighted by atomic mass is 10.0. The summed E-state index contributed by atoms with van der Waals surface area (Å²) >= 11 is 3.35. The van der Waals surface area contributed by atoms with Crippen molar-refractivity contribution >= 4 is 15.9 Å². The van der Waals surface area contributed by atoms with Gasteiger partial charge in [0.2, 0.25) is 0 Å². The van der Waals surface area contributed by atoms with Crippen molar-refractivity contribution in [2.24, 2.45) is 0 Å². The molecule has 0 aliphatic heterocycles. The predicted octanol–water partition coefficient (Wildman–Crippen LogP) is 3.89. The molecule has 1 nitrogen and oxygen atoms in total. The lowest BCUT2D eigenvalue weighted by Gasteiger charge is -2.11. The normalized spacial score (nSPS) is 10.6. The minimum atomic E-state index is 0.557. The molecule has 0 bridgehead atoms. The number of halogens is 1. The molecule has 0 atom stereocenters. The molecule has 0 unspecified atom stereocenters. The van der Waals surface area contributed by atoms with E-state index in [2.05, 4.69) is 54.9 Å². The van der Waals surface area contributed by atoms with Crippen molar-refractivity contribution in [3.05, 3.63) is 29.3 Å².